The fourth-order valence-electron chi connectivity index (χ4n) is 2.52. The molecule has 0 unspecified atom stereocenters. The lowest BCUT2D eigenvalue weighted by Gasteiger charge is -2.11. The Hall–Kier alpha value is -2.91. The maximum absolute atomic E-state index is 13.0. The zero-order valence-corrected chi connectivity index (χ0v) is 18.6. The number of rotatable bonds is 8. The van der Waals surface area contributed by atoms with Crippen LogP contribution >= 0.6 is 11.8 Å². The first-order chi connectivity index (χ1) is 14.8. The Labute approximate surface area is 185 Å². The van der Waals surface area contributed by atoms with E-state index in [4.69, 9.17) is 0 Å². The summed E-state index contributed by atoms with van der Waals surface area (Å²) < 4.78 is 40.2. The largest absolute Gasteiger partial charge is 0.350 e. The van der Waals surface area contributed by atoms with Crippen molar-refractivity contribution >= 4 is 33.4 Å². The van der Waals surface area contributed by atoms with Crippen LogP contribution in [-0.2, 0) is 10.0 Å². The maximum Gasteiger partial charge on any atom is 0.261 e. The minimum absolute atomic E-state index is 0.0194. The van der Waals surface area contributed by atoms with Crippen LogP contribution in [0.1, 0.15) is 30.6 Å². The van der Waals surface area contributed by atoms with Crippen LogP contribution in [0.2, 0.25) is 0 Å². The summed E-state index contributed by atoms with van der Waals surface area (Å²) in [6.07, 6.45) is 2.38. The molecular formula is C22H22FN3O3S2. The fraction of sp³-hybridized carbons (Fsp3) is 0.182. The lowest BCUT2D eigenvalue weighted by Crippen LogP contribution is -2.31. The van der Waals surface area contributed by atoms with E-state index in [-0.39, 0.29) is 16.8 Å². The fourth-order valence-corrected chi connectivity index (χ4v) is 4.34. The van der Waals surface area contributed by atoms with Crippen LogP contribution in [0.3, 0.4) is 0 Å². The van der Waals surface area contributed by atoms with E-state index < -0.39 is 15.8 Å². The van der Waals surface area contributed by atoms with E-state index in [0.29, 0.717) is 16.3 Å². The van der Waals surface area contributed by atoms with E-state index in [2.05, 4.69) is 15.0 Å². The number of hydrogen-bond donors (Lipinski definition) is 2. The molecule has 0 aliphatic rings. The molecule has 0 fully saturated rings. The SMILES string of the molecule is CC[C@H](C)NC(=O)c1ccc(Sc2ccc(NS(=O)(=O)c3ccc(F)cc3)cc2)nc1. The molecule has 0 spiro atoms. The molecule has 0 saturated carbocycles. The molecule has 1 heterocycles. The maximum atomic E-state index is 13.0. The number of nitrogens with one attached hydrogen (secondary N) is 2. The standard InChI is InChI=1S/C22H22FN3O3S2/c1-3-15(2)25-22(27)16-4-13-21(24-14-16)30-19-9-7-18(8-10-19)26-31(28,29)20-11-5-17(23)6-12-20/h4-15,26H,3H2,1-2H3,(H,25,27)/t15-/m0/s1. The second kappa shape index (κ2) is 9.93. The lowest BCUT2D eigenvalue weighted by molar-refractivity contribution is 0.0938. The number of amides is 1. The quantitative estimate of drug-likeness (QED) is 0.510. The van der Waals surface area contributed by atoms with Gasteiger partial charge in [0.15, 0.2) is 0 Å². The van der Waals surface area contributed by atoms with Crippen molar-refractivity contribution in [1.82, 2.24) is 10.3 Å². The summed E-state index contributed by atoms with van der Waals surface area (Å²) in [5, 5.41) is 3.60. The number of aromatic nitrogens is 1. The summed E-state index contributed by atoms with van der Waals surface area (Å²) in [6, 6.07) is 15.0. The van der Waals surface area contributed by atoms with Crippen molar-refractivity contribution in [2.45, 2.75) is 41.1 Å². The average Bonchev–Trinajstić information content (AvgIpc) is 2.75. The van der Waals surface area contributed by atoms with Gasteiger partial charge in [-0.2, -0.15) is 0 Å². The number of hydrogen-bond acceptors (Lipinski definition) is 5. The average molecular weight is 460 g/mol. The number of pyridine rings is 1. The molecule has 2 aromatic carbocycles. The van der Waals surface area contributed by atoms with Gasteiger partial charge in [-0.25, -0.2) is 17.8 Å². The number of halogens is 1. The Morgan fingerprint density at radius 2 is 1.74 bits per heavy atom. The second-order valence-corrected chi connectivity index (χ2v) is 9.63. The first-order valence-corrected chi connectivity index (χ1v) is 11.9. The second-order valence-electron chi connectivity index (χ2n) is 6.85. The molecule has 6 nitrogen and oxygen atoms in total. The van der Waals surface area contributed by atoms with E-state index in [9.17, 15) is 17.6 Å². The van der Waals surface area contributed by atoms with Crippen LogP contribution in [0.4, 0.5) is 10.1 Å². The van der Waals surface area contributed by atoms with Crippen LogP contribution in [0.15, 0.2) is 81.7 Å². The van der Waals surface area contributed by atoms with Crippen LogP contribution in [-0.4, -0.2) is 25.4 Å². The third-order valence-corrected chi connectivity index (χ3v) is 6.80. The van der Waals surface area contributed by atoms with Gasteiger partial charge in [-0.05, 0) is 74.0 Å². The molecule has 3 aromatic rings. The summed E-state index contributed by atoms with van der Waals surface area (Å²) in [4.78, 5) is 17.3. The normalized spacial score (nSPS) is 12.2. The summed E-state index contributed by atoms with van der Waals surface area (Å²) >= 11 is 1.39. The van der Waals surface area contributed by atoms with Crippen molar-refractivity contribution in [2.24, 2.45) is 0 Å². The van der Waals surface area contributed by atoms with Gasteiger partial charge >= 0.3 is 0 Å². The third kappa shape index (κ3) is 6.28. The zero-order chi connectivity index (χ0) is 22.4. The summed E-state index contributed by atoms with van der Waals surface area (Å²) in [5.74, 6) is -0.658. The van der Waals surface area contributed by atoms with E-state index >= 15 is 0 Å². The molecular weight excluding hydrogens is 437 g/mol. The molecule has 31 heavy (non-hydrogen) atoms. The molecule has 1 amide bonds. The summed E-state index contributed by atoms with van der Waals surface area (Å²) in [6.45, 7) is 3.95. The molecule has 0 radical (unpaired) electrons. The number of benzene rings is 2. The van der Waals surface area contributed by atoms with Crippen LogP contribution < -0.4 is 10.0 Å². The number of anilines is 1. The molecule has 0 aliphatic carbocycles. The van der Waals surface area contributed by atoms with Gasteiger partial charge < -0.3 is 5.32 Å². The molecule has 3 rings (SSSR count). The highest BCUT2D eigenvalue weighted by Gasteiger charge is 2.14. The van der Waals surface area contributed by atoms with Crippen molar-refractivity contribution in [3.63, 3.8) is 0 Å². The highest BCUT2D eigenvalue weighted by atomic mass is 32.2. The Morgan fingerprint density at radius 3 is 2.32 bits per heavy atom. The lowest BCUT2D eigenvalue weighted by atomic mass is 10.2. The Balaban J connectivity index is 1.63. The first-order valence-electron chi connectivity index (χ1n) is 9.60. The van der Waals surface area contributed by atoms with Crippen LogP contribution in [0, 0.1) is 5.82 Å². The van der Waals surface area contributed by atoms with Crippen LogP contribution in [0.5, 0.6) is 0 Å². The van der Waals surface area contributed by atoms with Gasteiger partial charge in [0.1, 0.15) is 10.8 Å². The first kappa shape index (κ1) is 22.8. The van der Waals surface area contributed by atoms with Crippen molar-refractivity contribution in [1.29, 1.82) is 0 Å². The Morgan fingerprint density at radius 1 is 1.06 bits per heavy atom. The van der Waals surface area contributed by atoms with Gasteiger partial charge in [0.25, 0.3) is 15.9 Å². The summed E-state index contributed by atoms with van der Waals surface area (Å²) in [5.41, 5.74) is 0.883. The monoisotopic (exact) mass is 459 g/mol. The van der Waals surface area contributed by atoms with Crippen molar-refractivity contribution in [3.05, 3.63) is 78.2 Å². The molecule has 0 saturated heterocycles. The summed E-state index contributed by atoms with van der Waals surface area (Å²) in [7, 11) is -3.80. The molecule has 162 valence electrons. The van der Waals surface area contributed by atoms with Gasteiger partial charge in [-0.3, -0.25) is 9.52 Å². The predicted molar refractivity (Wildman–Crippen MR) is 119 cm³/mol. The predicted octanol–water partition coefficient (Wildman–Crippen LogP) is 4.70. The Kier molecular flexibility index (Phi) is 7.29. The molecule has 2 N–H and O–H groups in total. The van der Waals surface area contributed by atoms with Crippen LogP contribution in [0.25, 0.3) is 0 Å². The zero-order valence-electron chi connectivity index (χ0n) is 17.0. The van der Waals surface area contributed by atoms with E-state index in [0.717, 1.165) is 23.4 Å². The van der Waals surface area contributed by atoms with Gasteiger partial charge in [-0.1, -0.05) is 18.7 Å². The minimum atomic E-state index is -3.80. The van der Waals surface area contributed by atoms with Crippen molar-refractivity contribution < 1.29 is 17.6 Å². The van der Waals surface area contributed by atoms with E-state index in [1.165, 1.54) is 30.1 Å². The minimum Gasteiger partial charge on any atom is -0.350 e. The highest BCUT2D eigenvalue weighted by molar-refractivity contribution is 7.99. The molecule has 9 heteroatoms. The van der Waals surface area contributed by atoms with E-state index in [1.54, 1.807) is 36.4 Å². The number of carbonyl (C=O) groups excluding carboxylic acids is 1. The van der Waals surface area contributed by atoms with Crippen molar-refractivity contribution in [2.75, 3.05) is 4.72 Å². The van der Waals surface area contributed by atoms with Gasteiger partial charge in [0, 0.05) is 22.8 Å². The molecule has 0 aliphatic heterocycles. The number of nitrogens with zero attached hydrogens (tertiary/aromatic N) is 1. The molecule has 0 bridgehead atoms. The smallest absolute Gasteiger partial charge is 0.261 e. The van der Waals surface area contributed by atoms with Crippen molar-refractivity contribution in [3.8, 4) is 0 Å². The third-order valence-electron chi connectivity index (χ3n) is 4.44. The Bertz CT molecular complexity index is 1130. The number of carbonyl (C=O) groups is 1. The van der Waals surface area contributed by atoms with E-state index in [1.807, 2.05) is 13.8 Å². The number of sulfonamides is 1. The topological polar surface area (TPSA) is 88.2 Å². The molecule has 1 aromatic heterocycles. The molecule has 1 atom stereocenters. The van der Waals surface area contributed by atoms with Gasteiger partial charge in [0.2, 0.25) is 0 Å². The highest BCUT2D eigenvalue weighted by Crippen LogP contribution is 2.27. The van der Waals surface area contributed by atoms with Gasteiger partial charge in [0.05, 0.1) is 10.5 Å². The van der Waals surface area contributed by atoms with Gasteiger partial charge in [-0.15, -0.1) is 0 Å².